The summed E-state index contributed by atoms with van der Waals surface area (Å²) in [6, 6.07) is -0.350. The van der Waals surface area contributed by atoms with Gasteiger partial charge in [-0.05, 0) is 49.6 Å². The highest BCUT2D eigenvalue weighted by Gasteiger charge is 2.62. The Morgan fingerprint density at radius 2 is 1.66 bits per heavy atom. The summed E-state index contributed by atoms with van der Waals surface area (Å²) in [6.45, 7) is 27.7. The van der Waals surface area contributed by atoms with Crippen LogP contribution in [0.5, 0.6) is 0 Å². The molecule has 1 fully saturated rings. The number of aliphatic hydroxyl groups excluding tert-OH is 1. The molecule has 0 unspecified atom stereocenters. The van der Waals surface area contributed by atoms with Gasteiger partial charge in [0.25, 0.3) is 0 Å². The summed E-state index contributed by atoms with van der Waals surface area (Å²) in [5.41, 5.74) is -0.0463. The Morgan fingerprint density at radius 3 is 2.14 bits per heavy atom. The molecule has 9 heteroatoms. The summed E-state index contributed by atoms with van der Waals surface area (Å²) in [4.78, 5) is 27.5. The Kier molecular flexibility index (Phi) is 8.64. The van der Waals surface area contributed by atoms with Crippen molar-refractivity contribution in [2.45, 2.75) is 103 Å². The average Bonchev–Trinajstić information content (AvgIpc) is 2.92. The van der Waals surface area contributed by atoms with Crippen LogP contribution in [0.4, 0.5) is 0 Å². The smallest absolute Gasteiger partial charge is 0.358 e. The van der Waals surface area contributed by atoms with Gasteiger partial charge in [0, 0.05) is 12.5 Å². The number of nitrogens with zero attached hydrogens (tertiary/aromatic N) is 1. The van der Waals surface area contributed by atoms with Gasteiger partial charge in [-0.15, -0.1) is 0 Å². The lowest BCUT2D eigenvalue weighted by atomic mass is 9.77. The molecular weight excluding hydrogens is 478 g/mol. The van der Waals surface area contributed by atoms with Gasteiger partial charge in [-0.3, -0.25) is 9.69 Å². The minimum absolute atomic E-state index is 0.000130. The fourth-order valence-electron chi connectivity index (χ4n) is 4.25. The number of fused-ring (bicyclic) bond motifs is 1. The fraction of sp³-hybridized carbons (Fsp3) is 0.769. The van der Waals surface area contributed by atoms with Crippen LogP contribution in [0.1, 0.15) is 54.9 Å². The molecule has 0 aromatic rings. The van der Waals surface area contributed by atoms with Gasteiger partial charge in [0.15, 0.2) is 22.3 Å². The van der Waals surface area contributed by atoms with Crippen molar-refractivity contribution in [1.82, 2.24) is 4.90 Å². The molecule has 2 aliphatic heterocycles. The molecule has 0 bridgehead atoms. The molecule has 2 aliphatic rings. The Balaban J connectivity index is 2.30. The van der Waals surface area contributed by atoms with Crippen molar-refractivity contribution in [2.75, 3.05) is 13.2 Å². The summed E-state index contributed by atoms with van der Waals surface area (Å²) in [5, 5.41) is 11.2. The third kappa shape index (κ3) is 5.78. The number of carbonyl (C=O) groups is 2. The second-order valence-electron chi connectivity index (χ2n) is 12.9. The first-order valence-electron chi connectivity index (χ1n) is 12.6. The van der Waals surface area contributed by atoms with Gasteiger partial charge in [0.1, 0.15) is 12.4 Å². The Bertz CT molecular complexity index is 868. The molecule has 0 saturated carbocycles. The number of amides is 1. The first kappa shape index (κ1) is 29.8. The molecule has 1 amide bonds. The van der Waals surface area contributed by atoms with Gasteiger partial charge in [-0.2, -0.15) is 0 Å². The van der Waals surface area contributed by atoms with Crippen LogP contribution >= 0.6 is 0 Å². The number of ether oxygens (including phenoxy) is 1. The maximum atomic E-state index is 13.3. The maximum absolute atomic E-state index is 13.3. The number of hydrogen-bond donors (Lipinski definition) is 1. The van der Waals surface area contributed by atoms with Crippen molar-refractivity contribution in [2.24, 2.45) is 11.8 Å². The first-order chi connectivity index (χ1) is 15.8. The Hall–Kier alpha value is -1.43. The molecule has 0 spiro atoms. The average molecular weight is 526 g/mol. The van der Waals surface area contributed by atoms with Crippen LogP contribution < -0.4 is 0 Å². The normalized spacial score (nSPS) is 24.3. The van der Waals surface area contributed by atoms with E-state index in [2.05, 4.69) is 74.3 Å². The molecule has 0 aromatic carbocycles. The molecule has 0 aliphatic carbocycles. The molecular formula is C26H47NO6Si2. The van der Waals surface area contributed by atoms with Crippen LogP contribution in [0.2, 0.25) is 36.3 Å². The molecule has 7 nitrogen and oxygen atoms in total. The SMILES string of the molecule is C=CCOC(=O)C1=C(O)[C@H](CCO[Si](C)(C)C(C)(C)C)[C@@H]2[C@@H]([C@@H](C)O[Si](C)(C)C(C)(C)C)C(=O)N12. The van der Waals surface area contributed by atoms with Gasteiger partial charge in [0.2, 0.25) is 5.91 Å². The van der Waals surface area contributed by atoms with E-state index in [1.54, 1.807) is 0 Å². The van der Waals surface area contributed by atoms with Crippen LogP contribution in [0.15, 0.2) is 24.1 Å². The van der Waals surface area contributed by atoms with Crippen molar-refractivity contribution in [3.05, 3.63) is 24.1 Å². The van der Waals surface area contributed by atoms with Crippen molar-refractivity contribution >= 4 is 28.5 Å². The quantitative estimate of drug-likeness (QED) is 0.169. The van der Waals surface area contributed by atoms with E-state index >= 15 is 0 Å². The van der Waals surface area contributed by atoms with Crippen LogP contribution in [0.25, 0.3) is 0 Å². The predicted molar refractivity (Wildman–Crippen MR) is 144 cm³/mol. The molecule has 2 rings (SSSR count). The van der Waals surface area contributed by atoms with Crippen LogP contribution in [0.3, 0.4) is 0 Å². The van der Waals surface area contributed by atoms with Crippen molar-refractivity contribution < 1.29 is 28.3 Å². The van der Waals surface area contributed by atoms with E-state index in [0.717, 1.165) is 0 Å². The van der Waals surface area contributed by atoms with E-state index in [4.69, 9.17) is 13.6 Å². The van der Waals surface area contributed by atoms with Crippen molar-refractivity contribution in [1.29, 1.82) is 0 Å². The highest BCUT2D eigenvalue weighted by molar-refractivity contribution is 6.74. The van der Waals surface area contributed by atoms with Gasteiger partial charge in [-0.1, -0.05) is 54.2 Å². The molecule has 1 saturated heterocycles. The highest BCUT2D eigenvalue weighted by atomic mass is 28.4. The second kappa shape index (κ2) is 10.1. The molecule has 0 radical (unpaired) electrons. The second-order valence-corrected chi connectivity index (χ2v) is 22.5. The van der Waals surface area contributed by atoms with E-state index in [1.165, 1.54) is 11.0 Å². The number of esters is 1. The molecule has 2 heterocycles. The van der Waals surface area contributed by atoms with E-state index in [-0.39, 0.29) is 46.2 Å². The van der Waals surface area contributed by atoms with Crippen LogP contribution in [-0.2, 0) is 23.2 Å². The molecule has 0 aromatic heterocycles. The minimum Gasteiger partial charge on any atom is -0.509 e. The molecule has 35 heavy (non-hydrogen) atoms. The van der Waals surface area contributed by atoms with E-state index in [0.29, 0.717) is 13.0 Å². The van der Waals surface area contributed by atoms with E-state index in [1.807, 2.05) is 6.92 Å². The lowest BCUT2D eigenvalue weighted by Crippen LogP contribution is -2.65. The molecule has 200 valence electrons. The van der Waals surface area contributed by atoms with Crippen molar-refractivity contribution in [3.63, 3.8) is 0 Å². The zero-order valence-electron chi connectivity index (χ0n) is 23.7. The van der Waals surface area contributed by atoms with Crippen molar-refractivity contribution in [3.8, 4) is 0 Å². The fourth-order valence-corrected chi connectivity index (χ4v) is 6.74. The predicted octanol–water partition coefficient (Wildman–Crippen LogP) is 5.76. The van der Waals surface area contributed by atoms with Gasteiger partial charge >= 0.3 is 5.97 Å². The lowest BCUT2D eigenvalue weighted by molar-refractivity contribution is -0.164. The number of hydrogen-bond acceptors (Lipinski definition) is 6. The summed E-state index contributed by atoms with van der Waals surface area (Å²) in [7, 11) is -4.10. The van der Waals surface area contributed by atoms with Gasteiger partial charge in [0.05, 0.1) is 18.1 Å². The highest BCUT2D eigenvalue weighted by Crippen LogP contribution is 2.50. The third-order valence-corrected chi connectivity index (χ3v) is 17.6. The zero-order chi connectivity index (χ0) is 27.1. The Labute approximate surface area is 214 Å². The molecule has 4 atom stereocenters. The first-order valence-corrected chi connectivity index (χ1v) is 18.5. The van der Waals surface area contributed by atoms with E-state index < -0.39 is 34.4 Å². The number of aliphatic hydroxyl groups is 1. The number of carbonyl (C=O) groups excluding carboxylic acids is 2. The summed E-state index contributed by atoms with van der Waals surface area (Å²) in [5.74, 6) is -1.83. The summed E-state index contributed by atoms with van der Waals surface area (Å²) in [6.07, 6.45) is 1.64. The minimum atomic E-state index is -2.12. The largest absolute Gasteiger partial charge is 0.509 e. The standard InChI is InChI=1S/C26H47NO6Si2/c1-13-15-31-24(30)21-22(28)18(14-16-32-34(9,10)25(3,4)5)20-19(23(29)27(20)21)17(2)33-35(11,12)26(6,7)8/h13,17-20,28H,1,14-16H2,2-12H3/t17-,18-,19-,20-/m1/s1. The Morgan fingerprint density at radius 1 is 1.11 bits per heavy atom. The van der Waals surface area contributed by atoms with Crippen LogP contribution in [0, 0.1) is 11.8 Å². The maximum Gasteiger partial charge on any atom is 0.358 e. The molecule has 1 N–H and O–H groups in total. The summed E-state index contributed by atoms with van der Waals surface area (Å²) < 4.78 is 18.1. The monoisotopic (exact) mass is 525 g/mol. The number of rotatable bonds is 10. The zero-order valence-corrected chi connectivity index (χ0v) is 25.7. The number of β-lactam (4-membered cyclic amide) rings is 1. The van der Waals surface area contributed by atoms with Gasteiger partial charge in [-0.25, -0.2) is 4.79 Å². The summed E-state index contributed by atoms with van der Waals surface area (Å²) >= 11 is 0. The topological polar surface area (TPSA) is 85.3 Å². The van der Waals surface area contributed by atoms with Gasteiger partial charge < -0.3 is 18.7 Å². The third-order valence-electron chi connectivity index (χ3n) is 8.45. The van der Waals surface area contributed by atoms with E-state index in [9.17, 15) is 14.7 Å². The van der Waals surface area contributed by atoms with Crippen LogP contribution in [-0.4, -0.2) is 63.9 Å². The lowest BCUT2D eigenvalue weighted by Gasteiger charge is -2.50.